The highest BCUT2D eigenvalue weighted by molar-refractivity contribution is 7.80. The van der Waals surface area contributed by atoms with Crippen molar-refractivity contribution in [3.63, 3.8) is 0 Å². The third-order valence-electron chi connectivity index (χ3n) is 11.4. The number of nitrogens with two attached hydrogens (primary N) is 4. The van der Waals surface area contributed by atoms with E-state index >= 15 is 0 Å². The average molecular weight is 1100 g/mol. The van der Waals surface area contributed by atoms with E-state index in [-0.39, 0.29) is 74.9 Å². The number of thiol groups is 2. The molecule has 0 fully saturated rings. The van der Waals surface area contributed by atoms with E-state index in [0.717, 1.165) is 0 Å². The molecule has 8 amide bonds. The van der Waals surface area contributed by atoms with Crippen molar-refractivity contribution in [1.29, 1.82) is 0 Å². The molecule has 0 aliphatic heterocycles. The van der Waals surface area contributed by atoms with Gasteiger partial charge in [0.05, 0.1) is 25.0 Å². The predicted molar refractivity (Wildman–Crippen MR) is 284 cm³/mol. The van der Waals surface area contributed by atoms with Crippen LogP contribution in [0.2, 0.25) is 0 Å². The van der Waals surface area contributed by atoms with Crippen LogP contribution in [0.3, 0.4) is 0 Å². The van der Waals surface area contributed by atoms with Gasteiger partial charge >= 0.3 is 5.97 Å². The second-order valence-corrected chi connectivity index (χ2v) is 18.9. The molecule has 0 bridgehead atoms. The number of guanidine groups is 1. The quantitative estimate of drug-likeness (QED) is 0.0114. The minimum Gasteiger partial charge on any atom is -0.480 e. The van der Waals surface area contributed by atoms with Crippen molar-refractivity contribution in [3.05, 3.63) is 54.7 Å². The van der Waals surface area contributed by atoms with E-state index in [0.29, 0.717) is 36.5 Å². The molecule has 0 saturated carbocycles. The number of amides is 8. The zero-order chi connectivity index (χ0) is 56.3. The van der Waals surface area contributed by atoms with Gasteiger partial charge in [-0.3, -0.25) is 43.3 Å². The van der Waals surface area contributed by atoms with Gasteiger partial charge in [-0.25, -0.2) is 19.7 Å². The van der Waals surface area contributed by atoms with Crippen LogP contribution >= 0.6 is 25.3 Å². The molecule has 20 N–H and O–H groups in total. The number of carbonyl (C=O) groups excluding carboxylic acids is 8. The number of nitrogens with zero attached hydrogens (tertiary/aromatic N) is 4. The van der Waals surface area contributed by atoms with Crippen LogP contribution in [-0.4, -0.2) is 173 Å². The first-order chi connectivity index (χ1) is 36.1. The Morgan fingerprint density at radius 2 is 0.947 bits per heavy atom. The summed E-state index contributed by atoms with van der Waals surface area (Å²) in [6.07, 6.45) is 9.16. The molecule has 420 valence electrons. The van der Waals surface area contributed by atoms with Gasteiger partial charge in [-0.2, -0.15) is 25.3 Å². The van der Waals surface area contributed by atoms with E-state index in [1.165, 1.54) is 44.5 Å². The second kappa shape index (κ2) is 32.9. The largest absolute Gasteiger partial charge is 0.480 e. The van der Waals surface area contributed by atoms with Crippen molar-refractivity contribution in [2.24, 2.45) is 33.8 Å². The number of carbonyl (C=O) groups is 9. The third-order valence-corrected chi connectivity index (χ3v) is 12.2. The van der Waals surface area contributed by atoms with Crippen molar-refractivity contribution in [2.75, 3.05) is 24.6 Å². The predicted octanol–water partition coefficient (Wildman–Crippen LogP) is -4.72. The van der Waals surface area contributed by atoms with Crippen LogP contribution in [0.5, 0.6) is 0 Å². The minimum atomic E-state index is -1.43. The van der Waals surface area contributed by atoms with Crippen LogP contribution in [0.15, 0.2) is 42.6 Å². The highest BCUT2D eigenvalue weighted by Gasteiger charge is 2.35. The molecule has 76 heavy (non-hydrogen) atoms. The lowest BCUT2D eigenvalue weighted by Crippen LogP contribution is -2.60. The molecule has 0 unspecified atom stereocenters. The fourth-order valence-electron chi connectivity index (χ4n) is 7.30. The van der Waals surface area contributed by atoms with Gasteiger partial charge < -0.3 is 85.5 Å². The van der Waals surface area contributed by atoms with E-state index in [9.17, 15) is 48.3 Å². The topological polar surface area (TPSA) is 473 Å². The number of hydrogen-bond donors (Lipinski definition) is 18. The smallest absolute Gasteiger partial charge is 0.327 e. The van der Waals surface area contributed by atoms with Crippen LogP contribution in [-0.2, 0) is 62.4 Å². The van der Waals surface area contributed by atoms with Gasteiger partial charge in [-0.1, -0.05) is 13.8 Å². The summed E-state index contributed by atoms with van der Waals surface area (Å²) in [5, 5.41) is 30.4. The molecule has 0 radical (unpaired) electrons. The Morgan fingerprint density at radius 3 is 1.34 bits per heavy atom. The van der Waals surface area contributed by atoms with Gasteiger partial charge in [-0.05, 0) is 57.9 Å². The molecule has 0 spiro atoms. The lowest BCUT2D eigenvalue weighted by atomic mass is 10.0. The standard InChI is InChI=1S/C45H73N19O10S2/c1-23(2)11-31(60-36(65)24(3)57-40(69)32(12-25-15-50-20-54-25)61-38(67)29(7-4-5-9-46)58-37(66)28(47)18-75)41(70)63-33(13-26-16-51-21-55-26)42(71)59-30(8-6-10-53-45(48)49)39(68)62-34(14-27-17-52-22-56-27)43(72)64-35(19-76)44(73)74/h15-17,20-24,28-35,75-76H,4-14,18-19,46-47H2,1-3H3,(H,50,54)(H,51,55)(H,52,56)(H,57,69)(H,58,66)(H,59,71)(H,60,65)(H,61,67)(H,62,68)(H,63,70)(H,64,72)(H,73,74)(H4,48,49,53)/t24-,28-,29-,30-,31-,32-,33-,34-,35-/m0/s1. The number of aliphatic imine (C=N–C) groups is 1. The fraction of sp³-hybridized carbons (Fsp3) is 0.578. The maximum atomic E-state index is 14.4. The lowest BCUT2D eigenvalue weighted by Gasteiger charge is -2.28. The molecule has 0 aliphatic rings. The maximum Gasteiger partial charge on any atom is 0.327 e. The highest BCUT2D eigenvalue weighted by Crippen LogP contribution is 2.11. The molecule has 3 aromatic rings. The fourth-order valence-corrected chi connectivity index (χ4v) is 7.71. The van der Waals surface area contributed by atoms with Crippen molar-refractivity contribution < 1.29 is 48.3 Å². The number of aromatic amines is 3. The molecule has 3 aromatic heterocycles. The van der Waals surface area contributed by atoms with Crippen molar-refractivity contribution in [2.45, 2.75) is 133 Å². The van der Waals surface area contributed by atoms with Gasteiger partial charge in [0, 0.05) is 73.0 Å². The second-order valence-electron chi connectivity index (χ2n) is 18.2. The van der Waals surface area contributed by atoms with Crippen LogP contribution in [0.4, 0.5) is 0 Å². The maximum absolute atomic E-state index is 14.4. The van der Waals surface area contributed by atoms with Crippen LogP contribution in [0, 0.1) is 5.92 Å². The van der Waals surface area contributed by atoms with Gasteiger partial charge in [0.15, 0.2) is 5.96 Å². The Hall–Kier alpha value is -7.25. The molecule has 0 saturated heterocycles. The summed E-state index contributed by atoms with van der Waals surface area (Å²) in [5.41, 5.74) is 23.8. The molecule has 3 heterocycles. The van der Waals surface area contributed by atoms with Crippen molar-refractivity contribution in [1.82, 2.24) is 72.4 Å². The molecule has 0 aromatic carbocycles. The Bertz CT molecular complexity index is 2350. The summed E-state index contributed by atoms with van der Waals surface area (Å²) in [7, 11) is 0. The van der Waals surface area contributed by atoms with Crippen LogP contribution in [0.1, 0.15) is 76.4 Å². The third kappa shape index (κ3) is 22.3. The molecular weight excluding hydrogens is 1030 g/mol. The van der Waals surface area contributed by atoms with Crippen molar-refractivity contribution >= 4 is 84.4 Å². The zero-order valence-electron chi connectivity index (χ0n) is 42.5. The number of aliphatic carboxylic acids is 1. The lowest BCUT2D eigenvalue weighted by molar-refractivity contribution is -0.141. The monoisotopic (exact) mass is 1100 g/mol. The number of rotatable bonds is 35. The number of aromatic nitrogens is 6. The SMILES string of the molecule is CC(C)C[C@H](NC(=O)[C@H](C)NC(=O)[C@H](Cc1cnc[nH]1)NC(=O)[C@H](CCCCN)NC(=O)[C@@H](N)CS)C(=O)N[C@@H](Cc1cnc[nH]1)C(=O)N[C@@H](CCCN=C(N)N)C(=O)N[C@@H](Cc1cnc[nH]1)C(=O)N[C@@H](CS)C(=O)O. The zero-order valence-corrected chi connectivity index (χ0v) is 44.3. The van der Waals surface area contributed by atoms with Crippen LogP contribution in [0.25, 0.3) is 0 Å². The normalized spacial score (nSPS) is 14.7. The first kappa shape index (κ1) is 63.0. The molecule has 31 heteroatoms. The Labute approximate surface area is 449 Å². The highest BCUT2D eigenvalue weighted by atomic mass is 32.1. The summed E-state index contributed by atoms with van der Waals surface area (Å²) in [6, 6.07) is -11.6. The number of nitrogens with one attached hydrogen (secondary N) is 11. The Kier molecular flexibility index (Phi) is 27.3. The van der Waals surface area contributed by atoms with E-state index in [1.807, 2.05) is 0 Å². The molecule has 0 aliphatic carbocycles. The summed E-state index contributed by atoms with van der Waals surface area (Å²) >= 11 is 8.07. The summed E-state index contributed by atoms with van der Waals surface area (Å²) in [6.45, 7) is 5.32. The van der Waals surface area contributed by atoms with Gasteiger partial charge in [0.25, 0.3) is 0 Å². The number of carboxylic acid groups (broad SMARTS) is 1. The van der Waals surface area contributed by atoms with E-state index < -0.39 is 108 Å². The molecular formula is C45H73N19O10S2. The Morgan fingerprint density at radius 1 is 0.553 bits per heavy atom. The molecule has 3 rings (SSSR count). The number of imidazole rings is 3. The van der Waals surface area contributed by atoms with Gasteiger partial charge in [-0.15, -0.1) is 0 Å². The first-order valence-electron chi connectivity index (χ1n) is 24.5. The number of carboxylic acids is 1. The van der Waals surface area contributed by atoms with E-state index in [4.69, 9.17) is 22.9 Å². The summed E-state index contributed by atoms with van der Waals surface area (Å²) in [5.74, 6) is -8.40. The number of unbranched alkanes of at least 4 members (excludes halogenated alkanes) is 1. The minimum absolute atomic E-state index is 0.00985. The first-order valence-corrected chi connectivity index (χ1v) is 25.7. The van der Waals surface area contributed by atoms with Crippen molar-refractivity contribution in [3.8, 4) is 0 Å². The average Bonchev–Trinajstić information content (AvgIpc) is 4.21. The summed E-state index contributed by atoms with van der Waals surface area (Å²) < 4.78 is 0. The van der Waals surface area contributed by atoms with Crippen LogP contribution < -0.4 is 65.5 Å². The Balaban J connectivity index is 1.87. The number of hydrogen-bond acceptors (Lipinski definition) is 17. The summed E-state index contributed by atoms with van der Waals surface area (Å²) in [4.78, 5) is 147. The molecule has 29 nitrogen and oxygen atoms in total. The van der Waals surface area contributed by atoms with E-state index in [1.54, 1.807) is 13.8 Å². The van der Waals surface area contributed by atoms with E-state index in [2.05, 4.69) is 103 Å². The molecule has 9 atom stereocenters. The number of H-pyrrole nitrogens is 3. The van der Waals surface area contributed by atoms with Gasteiger partial charge in [0.2, 0.25) is 47.3 Å². The van der Waals surface area contributed by atoms with Gasteiger partial charge in [0.1, 0.15) is 48.3 Å².